The minimum absolute atomic E-state index is 0.0276. The van der Waals surface area contributed by atoms with Gasteiger partial charge in [-0.2, -0.15) is 0 Å². The van der Waals surface area contributed by atoms with Gasteiger partial charge < -0.3 is 29.5 Å². The molecule has 2 aromatic carbocycles. The molecule has 224 valence electrons. The quantitative estimate of drug-likeness (QED) is 0.119. The average molecular weight is 637 g/mol. The van der Waals surface area contributed by atoms with Gasteiger partial charge in [-0.3, -0.25) is 15.0 Å². The molecule has 0 fully saturated rings. The molecule has 0 saturated heterocycles. The first-order chi connectivity index (χ1) is 19.5. The van der Waals surface area contributed by atoms with Gasteiger partial charge in [0.25, 0.3) is 5.91 Å². The summed E-state index contributed by atoms with van der Waals surface area (Å²) in [6.07, 6.45) is -0.593. The molecular formula is C29H38BrN3O8. The number of rotatable bonds is 14. The number of hydrazine groups is 1. The molecule has 0 aromatic heterocycles. The van der Waals surface area contributed by atoms with Crippen LogP contribution in [0.2, 0.25) is 0 Å². The van der Waals surface area contributed by atoms with E-state index in [9.17, 15) is 19.8 Å². The lowest BCUT2D eigenvalue weighted by Crippen LogP contribution is -2.56. The van der Waals surface area contributed by atoms with Gasteiger partial charge in [0.1, 0.15) is 11.4 Å². The fourth-order valence-electron chi connectivity index (χ4n) is 4.12. The van der Waals surface area contributed by atoms with Crippen LogP contribution < -0.4 is 15.6 Å². The number of esters is 1. The summed E-state index contributed by atoms with van der Waals surface area (Å²) in [4.78, 5) is 31.5. The maximum absolute atomic E-state index is 13.9. The van der Waals surface area contributed by atoms with E-state index in [1.54, 1.807) is 57.2 Å². The number of hydrogen-bond acceptors (Lipinski definition) is 10. The molecular weight excluding hydrogens is 598 g/mol. The largest absolute Gasteiger partial charge is 0.494 e. The van der Waals surface area contributed by atoms with Crippen molar-refractivity contribution in [2.24, 2.45) is 4.99 Å². The highest BCUT2D eigenvalue weighted by Gasteiger charge is 2.53. The van der Waals surface area contributed by atoms with E-state index >= 15 is 0 Å². The number of carbonyl (C=O) groups is 2. The Morgan fingerprint density at radius 1 is 1.07 bits per heavy atom. The Bertz CT molecular complexity index is 1180. The molecule has 1 aliphatic heterocycles. The predicted octanol–water partition coefficient (Wildman–Crippen LogP) is 2.56. The number of amides is 1. The average Bonchev–Trinajstić information content (AvgIpc) is 3.33. The molecule has 0 aliphatic carbocycles. The van der Waals surface area contributed by atoms with Crippen LogP contribution in [0.5, 0.6) is 5.75 Å². The molecule has 41 heavy (non-hydrogen) atoms. The molecule has 0 unspecified atom stereocenters. The highest BCUT2D eigenvalue weighted by Crippen LogP contribution is 2.43. The van der Waals surface area contributed by atoms with Crippen LogP contribution in [0, 0.1) is 0 Å². The summed E-state index contributed by atoms with van der Waals surface area (Å²) in [6.45, 7) is 4.83. The van der Waals surface area contributed by atoms with Crippen molar-refractivity contribution < 1.29 is 39.1 Å². The zero-order valence-corrected chi connectivity index (χ0v) is 25.0. The van der Waals surface area contributed by atoms with Gasteiger partial charge in [-0.15, -0.1) is 0 Å². The van der Waals surface area contributed by atoms with Crippen LogP contribution in [-0.4, -0.2) is 76.7 Å². The van der Waals surface area contributed by atoms with E-state index in [-0.39, 0.29) is 25.3 Å². The van der Waals surface area contributed by atoms with E-state index in [1.807, 2.05) is 12.1 Å². The summed E-state index contributed by atoms with van der Waals surface area (Å²) in [5, 5.41) is 27.9. The number of aliphatic imine (C=N–C) groups is 1. The molecule has 0 bridgehead atoms. The molecule has 3 rings (SSSR count). The number of hydrogen-bond donors (Lipinski definition) is 5. The van der Waals surface area contributed by atoms with E-state index in [2.05, 4.69) is 26.8 Å². The molecule has 0 radical (unpaired) electrons. The first-order valence-corrected chi connectivity index (χ1v) is 14.2. The van der Waals surface area contributed by atoms with Crippen LogP contribution >= 0.6 is 15.9 Å². The van der Waals surface area contributed by atoms with Gasteiger partial charge in [-0.25, -0.2) is 10.4 Å². The van der Waals surface area contributed by atoms with Crippen molar-refractivity contribution in [2.45, 2.75) is 63.3 Å². The minimum Gasteiger partial charge on any atom is -0.494 e. The molecule has 0 saturated carbocycles. The molecule has 11 nitrogen and oxygen atoms in total. The van der Waals surface area contributed by atoms with Gasteiger partial charge in [0.05, 0.1) is 25.9 Å². The topological polar surface area (TPSA) is 159 Å². The lowest BCUT2D eigenvalue weighted by molar-refractivity contribution is -0.155. The van der Waals surface area contributed by atoms with Crippen LogP contribution in [-0.2, 0) is 19.1 Å². The molecule has 12 heteroatoms. The smallest absolute Gasteiger partial charge is 0.306 e. The van der Waals surface area contributed by atoms with Crippen molar-refractivity contribution in [2.75, 3.05) is 26.4 Å². The van der Waals surface area contributed by atoms with Gasteiger partial charge in [0.2, 0.25) is 5.90 Å². The summed E-state index contributed by atoms with van der Waals surface area (Å²) in [5.41, 5.74) is 4.11. The molecule has 2 atom stereocenters. The zero-order valence-electron chi connectivity index (χ0n) is 23.4. The fourth-order valence-corrected chi connectivity index (χ4v) is 4.38. The standard InChI is InChI=1S/C29H38BrN3O8/c1-28(2,3)41-24(37)13-14-29(27(38)33-32-22(17-35)18-36)25(19-5-9-21(30)10-6-19)40-26(31-29)20-7-11-23(12-8-20)39-16-4-15-34/h5-12,22,25,32,34-36H,4,13-18H2,1-3H3,(H,33,38)/t25-,29-/m0/s1. The molecule has 1 aliphatic rings. The zero-order chi connectivity index (χ0) is 30.0. The Balaban J connectivity index is 2.02. The van der Waals surface area contributed by atoms with E-state index < -0.39 is 48.4 Å². The van der Waals surface area contributed by atoms with Crippen LogP contribution in [0.15, 0.2) is 58.0 Å². The third-order valence-corrected chi connectivity index (χ3v) is 6.69. The van der Waals surface area contributed by atoms with Crippen LogP contribution in [0.1, 0.15) is 57.3 Å². The predicted molar refractivity (Wildman–Crippen MR) is 155 cm³/mol. The maximum atomic E-state index is 13.9. The van der Waals surface area contributed by atoms with Crippen LogP contribution in [0.4, 0.5) is 0 Å². The second kappa shape index (κ2) is 14.7. The van der Waals surface area contributed by atoms with Gasteiger partial charge >= 0.3 is 5.97 Å². The third kappa shape index (κ3) is 8.98. The van der Waals surface area contributed by atoms with Gasteiger partial charge in [-0.1, -0.05) is 28.1 Å². The Morgan fingerprint density at radius 2 is 1.73 bits per heavy atom. The number of ether oxygens (including phenoxy) is 3. The van der Waals surface area contributed by atoms with Crippen molar-refractivity contribution in [1.29, 1.82) is 0 Å². The minimum atomic E-state index is -1.61. The summed E-state index contributed by atoms with van der Waals surface area (Å²) in [7, 11) is 0. The first-order valence-electron chi connectivity index (χ1n) is 13.4. The Labute approximate surface area is 248 Å². The number of nitrogens with one attached hydrogen (secondary N) is 2. The number of benzene rings is 2. The van der Waals surface area contributed by atoms with Crippen molar-refractivity contribution in [3.8, 4) is 5.75 Å². The van der Waals surface area contributed by atoms with Crippen molar-refractivity contribution in [1.82, 2.24) is 10.9 Å². The number of aliphatic hydroxyl groups excluding tert-OH is 3. The van der Waals surface area contributed by atoms with E-state index in [0.29, 0.717) is 29.9 Å². The molecule has 0 spiro atoms. The number of aliphatic hydroxyl groups is 3. The maximum Gasteiger partial charge on any atom is 0.306 e. The van der Waals surface area contributed by atoms with Gasteiger partial charge in [0.15, 0.2) is 11.6 Å². The Morgan fingerprint density at radius 3 is 2.32 bits per heavy atom. The number of nitrogens with zero attached hydrogens (tertiary/aromatic N) is 1. The number of carbonyl (C=O) groups excluding carboxylic acids is 2. The van der Waals surface area contributed by atoms with Crippen LogP contribution in [0.25, 0.3) is 0 Å². The van der Waals surface area contributed by atoms with Gasteiger partial charge in [0, 0.05) is 29.5 Å². The van der Waals surface area contributed by atoms with Crippen molar-refractivity contribution in [3.63, 3.8) is 0 Å². The Kier molecular flexibility index (Phi) is 11.7. The second-order valence-electron chi connectivity index (χ2n) is 10.6. The molecule has 1 amide bonds. The van der Waals surface area contributed by atoms with Crippen molar-refractivity contribution >= 4 is 33.7 Å². The lowest BCUT2D eigenvalue weighted by Gasteiger charge is -2.31. The number of halogens is 1. The highest BCUT2D eigenvalue weighted by atomic mass is 79.9. The normalized spacial score (nSPS) is 18.5. The summed E-state index contributed by atoms with van der Waals surface area (Å²) in [5.74, 6) is -0.314. The van der Waals surface area contributed by atoms with E-state index in [0.717, 1.165) is 4.47 Å². The Hall–Kier alpha value is -3.03. The fraction of sp³-hybridized carbons (Fsp3) is 0.483. The molecule has 1 heterocycles. The summed E-state index contributed by atoms with van der Waals surface area (Å²) in [6, 6.07) is 13.4. The third-order valence-electron chi connectivity index (χ3n) is 6.16. The van der Waals surface area contributed by atoms with Crippen molar-refractivity contribution in [3.05, 3.63) is 64.1 Å². The second-order valence-corrected chi connectivity index (χ2v) is 11.5. The van der Waals surface area contributed by atoms with Crippen LogP contribution in [0.3, 0.4) is 0 Å². The first kappa shape index (κ1) is 32.5. The molecule has 2 aromatic rings. The van der Waals surface area contributed by atoms with E-state index in [1.165, 1.54) is 0 Å². The summed E-state index contributed by atoms with van der Waals surface area (Å²) < 4.78 is 18.3. The highest BCUT2D eigenvalue weighted by molar-refractivity contribution is 9.10. The monoisotopic (exact) mass is 635 g/mol. The lowest BCUT2D eigenvalue weighted by atomic mass is 9.83. The van der Waals surface area contributed by atoms with Gasteiger partial charge in [-0.05, 0) is 69.2 Å². The molecule has 5 N–H and O–H groups in total. The van der Waals surface area contributed by atoms with E-state index in [4.69, 9.17) is 24.3 Å². The SMILES string of the molecule is CC(C)(C)OC(=O)CC[C@]1(C(=O)NNC(CO)CO)N=C(c2ccc(OCCCO)cc2)O[C@H]1c1ccc(Br)cc1. The summed E-state index contributed by atoms with van der Waals surface area (Å²) >= 11 is 3.43.